The molecule has 0 radical (unpaired) electrons. The number of carbonyl (C=O) groups is 2. The lowest BCUT2D eigenvalue weighted by Gasteiger charge is -2.35. The summed E-state index contributed by atoms with van der Waals surface area (Å²) in [7, 11) is -1.61. The van der Waals surface area contributed by atoms with Crippen LogP contribution in [0.1, 0.15) is 27.4 Å². The fourth-order valence-electron chi connectivity index (χ4n) is 4.86. The monoisotopic (exact) mass is 563 g/mol. The summed E-state index contributed by atoms with van der Waals surface area (Å²) in [5, 5.41) is 9.86. The van der Waals surface area contributed by atoms with Gasteiger partial charge in [-0.15, -0.1) is 0 Å². The Morgan fingerprint density at radius 3 is 2.19 bits per heavy atom. The van der Waals surface area contributed by atoms with E-state index in [2.05, 4.69) is 0 Å². The Morgan fingerprint density at radius 2 is 1.62 bits per heavy atom. The Labute approximate surface area is 226 Å². The number of piperazine rings is 1. The number of benzene rings is 2. The van der Waals surface area contributed by atoms with Crippen molar-refractivity contribution in [1.82, 2.24) is 19.0 Å². The van der Waals surface area contributed by atoms with Crippen LogP contribution in [0.2, 0.25) is 10.0 Å². The number of amides is 3. The van der Waals surface area contributed by atoms with Crippen LogP contribution in [-0.2, 0) is 10.0 Å². The lowest BCUT2D eigenvalue weighted by atomic mass is 9.93. The molecule has 2 heterocycles. The average molecular weight is 564 g/mol. The van der Waals surface area contributed by atoms with Gasteiger partial charge in [0.1, 0.15) is 0 Å². The van der Waals surface area contributed by atoms with E-state index in [0.29, 0.717) is 47.4 Å². The zero-order valence-electron chi connectivity index (χ0n) is 20.5. The Morgan fingerprint density at radius 1 is 0.973 bits per heavy atom. The van der Waals surface area contributed by atoms with Crippen LogP contribution in [0.25, 0.3) is 0 Å². The van der Waals surface area contributed by atoms with E-state index in [0.717, 1.165) is 11.8 Å². The molecule has 0 spiro atoms. The Hall–Kier alpha value is -2.84. The van der Waals surface area contributed by atoms with Gasteiger partial charge in [0.15, 0.2) is 0 Å². The number of rotatable bonds is 4. The van der Waals surface area contributed by atoms with E-state index >= 15 is 0 Å². The molecule has 37 heavy (non-hydrogen) atoms. The number of likely N-dealkylation sites (N-methyl/N-ethyl adjacent to an activating group) is 1. The molecule has 2 aliphatic heterocycles. The second kappa shape index (κ2) is 10.9. The Bertz CT molecular complexity index is 1340. The molecule has 2 atom stereocenters. The lowest BCUT2D eigenvalue weighted by Crippen LogP contribution is -2.53. The number of hydrogen-bond donors (Lipinski definition) is 0. The van der Waals surface area contributed by atoms with E-state index in [1.165, 1.54) is 4.31 Å². The predicted molar refractivity (Wildman–Crippen MR) is 141 cm³/mol. The first-order valence-electron chi connectivity index (χ1n) is 11.7. The lowest BCUT2D eigenvalue weighted by molar-refractivity contribution is 0.0723. The summed E-state index contributed by atoms with van der Waals surface area (Å²) in [6.45, 7) is 1.74. The summed E-state index contributed by atoms with van der Waals surface area (Å²) < 4.78 is 25.1. The number of nitriles is 1. The van der Waals surface area contributed by atoms with Crippen molar-refractivity contribution in [2.45, 2.75) is 12.0 Å². The van der Waals surface area contributed by atoms with E-state index < -0.39 is 10.0 Å². The highest BCUT2D eigenvalue weighted by Crippen LogP contribution is 2.35. The van der Waals surface area contributed by atoms with Gasteiger partial charge in [-0.05, 0) is 42.0 Å². The molecule has 9 nitrogen and oxygen atoms in total. The molecule has 3 amide bonds. The number of likely N-dealkylation sites (tertiary alicyclic amines) is 1. The number of hydrogen-bond acceptors (Lipinski definition) is 5. The van der Waals surface area contributed by atoms with Crippen LogP contribution in [-0.4, -0.2) is 98.0 Å². The molecule has 0 saturated carbocycles. The zero-order chi connectivity index (χ0) is 26.9. The number of sulfonamides is 1. The molecule has 0 bridgehead atoms. The number of nitrogens with zero attached hydrogens (tertiary/aromatic N) is 5. The highest BCUT2D eigenvalue weighted by Gasteiger charge is 2.42. The fraction of sp³-hybridized carbons (Fsp3) is 0.400. The van der Waals surface area contributed by atoms with Gasteiger partial charge in [-0.1, -0.05) is 29.3 Å². The van der Waals surface area contributed by atoms with Crippen molar-refractivity contribution in [1.29, 1.82) is 5.26 Å². The summed E-state index contributed by atoms with van der Waals surface area (Å²) in [6.07, 6.45) is 1.16. The van der Waals surface area contributed by atoms with Crippen LogP contribution in [0.15, 0.2) is 42.5 Å². The van der Waals surface area contributed by atoms with Crippen LogP contribution in [0, 0.1) is 11.3 Å². The minimum Gasteiger partial charge on any atom is -0.336 e. The van der Waals surface area contributed by atoms with Crippen LogP contribution in [0.4, 0.5) is 4.79 Å². The molecule has 0 N–H and O–H groups in total. The smallest absolute Gasteiger partial charge is 0.320 e. The quantitative estimate of drug-likeness (QED) is 0.568. The Kier molecular flexibility index (Phi) is 7.99. The molecule has 2 saturated heterocycles. The van der Waals surface area contributed by atoms with Crippen molar-refractivity contribution in [2.24, 2.45) is 0 Å². The first-order chi connectivity index (χ1) is 17.5. The van der Waals surface area contributed by atoms with Gasteiger partial charge in [-0.2, -0.15) is 9.57 Å². The van der Waals surface area contributed by atoms with E-state index in [1.807, 2.05) is 12.1 Å². The van der Waals surface area contributed by atoms with E-state index in [4.69, 9.17) is 28.5 Å². The topological polar surface area (TPSA) is 105 Å². The van der Waals surface area contributed by atoms with Crippen LogP contribution < -0.4 is 0 Å². The van der Waals surface area contributed by atoms with Gasteiger partial charge in [0, 0.05) is 57.8 Å². The summed E-state index contributed by atoms with van der Waals surface area (Å²) in [6, 6.07) is 13.2. The number of carbonyl (C=O) groups excluding carboxylic acids is 2. The maximum atomic E-state index is 13.4. The third-order valence-corrected chi connectivity index (χ3v) is 9.03. The highest BCUT2D eigenvalue weighted by molar-refractivity contribution is 7.88. The first-order valence-corrected chi connectivity index (χ1v) is 14.3. The molecule has 196 valence electrons. The third kappa shape index (κ3) is 5.85. The minimum atomic E-state index is -3.31. The standard InChI is InChI=1S/C25H27Cl2N5O4S/c1-29(24(33)18-5-3-17(14-28)4-6-18)23-16-31(15-20(23)19-7-8-21(26)22(27)13-19)25(34)30-9-11-32(12-10-30)37(2,35)36/h3-8,13,20,23H,9-12,15-16H2,1-2H3/t20-,23+/m0/s1. The highest BCUT2D eigenvalue weighted by atomic mass is 35.5. The zero-order valence-corrected chi connectivity index (χ0v) is 22.8. The van der Waals surface area contributed by atoms with Crippen LogP contribution in [0.5, 0.6) is 0 Å². The second-order valence-corrected chi connectivity index (χ2v) is 12.1. The van der Waals surface area contributed by atoms with Gasteiger partial charge in [0.05, 0.1) is 34.0 Å². The molecule has 2 aromatic rings. The molecule has 4 rings (SSSR count). The van der Waals surface area contributed by atoms with Gasteiger partial charge in [-0.25, -0.2) is 13.2 Å². The average Bonchev–Trinajstić information content (AvgIpc) is 3.34. The molecule has 0 aliphatic carbocycles. The fourth-order valence-corrected chi connectivity index (χ4v) is 5.99. The maximum Gasteiger partial charge on any atom is 0.320 e. The van der Waals surface area contributed by atoms with E-state index in [-0.39, 0.29) is 37.0 Å². The predicted octanol–water partition coefficient (Wildman–Crippen LogP) is 3.10. The Balaban J connectivity index is 1.57. The molecule has 2 fully saturated rings. The molecule has 0 unspecified atom stereocenters. The normalized spacial score (nSPS) is 20.5. The number of halogens is 2. The molecular weight excluding hydrogens is 537 g/mol. The van der Waals surface area contributed by atoms with E-state index in [9.17, 15) is 18.0 Å². The number of urea groups is 1. The van der Waals surface area contributed by atoms with Crippen molar-refractivity contribution in [3.63, 3.8) is 0 Å². The minimum absolute atomic E-state index is 0.195. The van der Waals surface area contributed by atoms with Crippen molar-refractivity contribution in [3.8, 4) is 6.07 Å². The second-order valence-electron chi connectivity index (χ2n) is 9.29. The van der Waals surface area contributed by atoms with Crippen molar-refractivity contribution in [3.05, 3.63) is 69.2 Å². The van der Waals surface area contributed by atoms with Crippen molar-refractivity contribution in [2.75, 3.05) is 52.6 Å². The largest absolute Gasteiger partial charge is 0.336 e. The van der Waals surface area contributed by atoms with Gasteiger partial charge in [0.2, 0.25) is 10.0 Å². The van der Waals surface area contributed by atoms with Crippen molar-refractivity contribution < 1.29 is 18.0 Å². The van der Waals surface area contributed by atoms with Gasteiger partial charge in [-0.3, -0.25) is 4.79 Å². The van der Waals surface area contributed by atoms with Crippen molar-refractivity contribution >= 4 is 45.2 Å². The SMILES string of the molecule is CN(C(=O)c1ccc(C#N)cc1)[C@@H]1CN(C(=O)N2CCN(S(C)(=O)=O)CC2)C[C@H]1c1ccc(Cl)c(Cl)c1. The summed E-state index contributed by atoms with van der Waals surface area (Å²) in [4.78, 5) is 31.8. The van der Waals surface area contributed by atoms with Gasteiger partial charge in [0.25, 0.3) is 5.91 Å². The molecular formula is C25H27Cl2N5O4S. The molecule has 12 heteroatoms. The van der Waals surface area contributed by atoms with Gasteiger partial charge >= 0.3 is 6.03 Å². The first kappa shape index (κ1) is 27.2. The van der Waals surface area contributed by atoms with Crippen LogP contribution >= 0.6 is 23.2 Å². The summed E-state index contributed by atoms with van der Waals surface area (Å²) >= 11 is 12.4. The summed E-state index contributed by atoms with van der Waals surface area (Å²) in [5.74, 6) is -0.445. The maximum absolute atomic E-state index is 13.4. The van der Waals surface area contributed by atoms with E-state index in [1.54, 1.807) is 58.1 Å². The third-order valence-electron chi connectivity index (χ3n) is 6.99. The molecule has 2 aliphatic rings. The summed E-state index contributed by atoms with van der Waals surface area (Å²) in [5.41, 5.74) is 1.76. The van der Waals surface area contributed by atoms with Crippen LogP contribution in [0.3, 0.4) is 0 Å². The molecule has 2 aromatic carbocycles. The van der Waals surface area contributed by atoms with Gasteiger partial charge < -0.3 is 14.7 Å². The molecule has 0 aromatic heterocycles.